The third-order valence-electron chi connectivity index (χ3n) is 3.22. The van der Waals surface area contributed by atoms with Crippen molar-refractivity contribution in [1.82, 2.24) is 0 Å². The summed E-state index contributed by atoms with van der Waals surface area (Å²) in [5.41, 5.74) is 1.56. The molecule has 21 heavy (non-hydrogen) atoms. The van der Waals surface area contributed by atoms with Crippen molar-refractivity contribution in [2.45, 2.75) is 12.5 Å². The number of hydrogen-bond donors (Lipinski definition) is 1. The fraction of sp³-hybridized carbons (Fsp3) is 0.188. The molecule has 3 rings (SSSR count). The molecule has 1 heterocycles. The molecule has 2 nitrogen and oxygen atoms in total. The van der Waals surface area contributed by atoms with Crippen LogP contribution >= 0.6 is 23.4 Å². The molecule has 1 unspecified atom stereocenters. The quantitative estimate of drug-likeness (QED) is 0.893. The summed E-state index contributed by atoms with van der Waals surface area (Å²) in [4.78, 5) is 4.60. The van der Waals surface area contributed by atoms with Crippen molar-refractivity contribution in [2.75, 3.05) is 11.1 Å². The lowest BCUT2D eigenvalue weighted by atomic mass is 10.1. The normalized spacial score (nSPS) is 17.6. The maximum absolute atomic E-state index is 13.7. The smallest absolute Gasteiger partial charge is 0.161 e. The van der Waals surface area contributed by atoms with E-state index in [1.54, 1.807) is 23.9 Å². The van der Waals surface area contributed by atoms with Crippen LogP contribution in [0.2, 0.25) is 5.02 Å². The second-order valence-electron chi connectivity index (χ2n) is 4.81. The van der Waals surface area contributed by atoms with Crippen LogP contribution in [0.5, 0.6) is 0 Å². The van der Waals surface area contributed by atoms with Gasteiger partial charge in [0.15, 0.2) is 5.17 Å². The summed E-state index contributed by atoms with van der Waals surface area (Å²) < 4.78 is 13.7. The van der Waals surface area contributed by atoms with E-state index in [0.29, 0.717) is 10.7 Å². The lowest BCUT2D eigenvalue weighted by Crippen LogP contribution is -2.09. The molecule has 1 aliphatic rings. The first-order chi connectivity index (χ1) is 10.2. The van der Waals surface area contributed by atoms with Crippen molar-refractivity contribution in [3.05, 3.63) is 64.9 Å². The number of amidine groups is 1. The van der Waals surface area contributed by atoms with Crippen LogP contribution in [0.1, 0.15) is 5.56 Å². The number of rotatable bonds is 3. The number of hydrogen-bond acceptors (Lipinski definition) is 3. The molecule has 0 fully saturated rings. The standard InChI is InChI=1S/C16H14ClFN2S/c17-13-7-4-8-14(18)15(13)20-16-19-12(10-21-16)9-11-5-2-1-3-6-11/h1-8,12H,9-10H2,(H,19,20). The summed E-state index contributed by atoms with van der Waals surface area (Å²) in [6, 6.07) is 15.1. The lowest BCUT2D eigenvalue weighted by Gasteiger charge is -2.08. The van der Waals surface area contributed by atoms with Gasteiger partial charge in [0.05, 0.1) is 16.8 Å². The van der Waals surface area contributed by atoms with E-state index in [1.165, 1.54) is 11.6 Å². The molecule has 0 spiro atoms. The van der Waals surface area contributed by atoms with Gasteiger partial charge in [-0.05, 0) is 24.1 Å². The van der Waals surface area contributed by atoms with Crippen LogP contribution in [0.3, 0.4) is 0 Å². The summed E-state index contributed by atoms with van der Waals surface area (Å²) in [6.07, 6.45) is 0.893. The van der Waals surface area contributed by atoms with Gasteiger partial charge in [0.2, 0.25) is 0 Å². The van der Waals surface area contributed by atoms with Gasteiger partial charge in [-0.2, -0.15) is 0 Å². The van der Waals surface area contributed by atoms with Crippen LogP contribution in [-0.2, 0) is 6.42 Å². The van der Waals surface area contributed by atoms with Crippen LogP contribution in [0.25, 0.3) is 0 Å². The van der Waals surface area contributed by atoms with Gasteiger partial charge < -0.3 is 5.32 Å². The Kier molecular flexibility index (Phi) is 4.46. The number of para-hydroxylation sites is 1. The number of thioether (sulfide) groups is 1. The van der Waals surface area contributed by atoms with Crippen LogP contribution in [-0.4, -0.2) is 17.0 Å². The minimum atomic E-state index is -0.364. The maximum atomic E-state index is 13.7. The second kappa shape index (κ2) is 6.50. The van der Waals surface area contributed by atoms with Crippen molar-refractivity contribution in [2.24, 2.45) is 4.99 Å². The van der Waals surface area contributed by atoms with E-state index < -0.39 is 0 Å². The van der Waals surface area contributed by atoms with E-state index in [-0.39, 0.29) is 11.9 Å². The SMILES string of the molecule is Fc1cccc(Cl)c1NC1=NC(Cc2ccccc2)CS1. The minimum Gasteiger partial charge on any atom is -0.331 e. The zero-order valence-electron chi connectivity index (χ0n) is 11.2. The first kappa shape index (κ1) is 14.4. The van der Waals surface area contributed by atoms with Crippen LogP contribution in [0.15, 0.2) is 53.5 Å². The molecule has 0 saturated carbocycles. The Bertz CT molecular complexity index is 640. The van der Waals surface area contributed by atoms with Crippen molar-refractivity contribution in [3.8, 4) is 0 Å². The third kappa shape index (κ3) is 3.57. The molecule has 0 radical (unpaired) electrons. The highest BCUT2D eigenvalue weighted by Crippen LogP contribution is 2.28. The van der Waals surface area contributed by atoms with E-state index in [2.05, 4.69) is 22.4 Å². The fourth-order valence-electron chi connectivity index (χ4n) is 2.20. The molecule has 1 aliphatic heterocycles. The number of nitrogens with zero attached hydrogens (tertiary/aromatic N) is 1. The van der Waals surface area contributed by atoms with Crippen molar-refractivity contribution in [1.29, 1.82) is 0 Å². The van der Waals surface area contributed by atoms with Gasteiger partial charge in [0, 0.05) is 5.75 Å². The molecule has 5 heteroatoms. The molecule has 0 saturated heterocycles. The molecule has 0 bridgehead atoms. The molecule has 2 aromatic rings. The highest BCUT2D eigenvalue weighted by atomic mass is 35.5. The topological polar surface area (TPSA) is 24.4 Å². The molecule has 0 amide bonds. The predicted molar refractivity (Wildman–Crippen MR) is 88.9 cm³/mol. The Balaban J connectivity index is 1.69. The zero-order valence-corrected chi connectivity index (χ0v) is 12.8. The van der Waals surface area contributed by atoms with Crippen LogP contribution < -0.4 is 5.32 Å². The average Bonchev–Trinajstić information content (AvgIpc) is 2.91. The van der Waals surface area contributed by atoms with Crippen molar-refractivity contribution < 1.29 is 4.39 Å². The van der Waals surface area contributed by atoms with Gasteiger partial charge in [-0.15, -0.1) is 0 Å². The molecule has 1 atom stereocenters. The van der Waals surface area contributed by atoms with Gasteiger partial charge in [-0.3, -0.25) is 4.99 Å². The van der Waals surface area contributed by atoms with Gasteiger partial charge in [-0.25, -0.2) is 4.39 Å². The molecule has 0 aromatic heterocycles. The van der Waals surface area contributed by atoms with Gasteiger partial charge in [0.25, 0.3) is 0 Å². The Morgan fingerprint density at radius 1 is 1.19 bits per heavy atom. The molecule has 2 aromatic carbocycles. The Morgan fingerprint density at radius 2 is 2.00 bits per heavy atom. The van der Waals surface area contributed by atoms with Gasteiger partial charge in [0.1, 0.15) is 5.82 Å². The van der Waals surface area contributed by atoms with E-state index >= 15 is 0 Å². The summed E-state index contributed by atoms with van der Waals surface area (Å²) in [7, 11) is 0. The lowest BCUT2D eigenvalue weighted by molar-refractivity contribution is 0.632. The number of aliphatic imine (C=N–C) groups is 1. The molecule has 0 aliphatic carbocycles. The molecule has 1 N–H and O–H groups in total. The Morgan fingerprint density at radius 3 is 2.76 bits per heavy atom. The molecular weight excluding hydrogens is 307 g/mol. The zero-order chi connectivity index (χ0) is 14.7. The summed E-state index contributed by atoms with van der Waals surface area (Å²) in [6.45, 7) is 0. The fourth-order valence-corrected chi connectivity index (χ4v) is 3.35. The predicted octanol–water partition coefficient (Wildman–Crippen LogP) is 4.61. The molecular formula is C16H14ClFN2S. The van der Waals surface area contributed by atoms with E-state index in [0.717, 1.165) is 17.3 Å². The summed E-state index contributed by atoms with van der Waals surface area (Å²) in [5.74, 6) is 0.529. The number of halogens is 2. The Hall–Kier alpha value is -1.52. The van der Waals surface area contributed by atoms with Gasteiger partial charge >= 0.3 is 0 Å². The van der Waals surface area contributed by atoms with E-state index in [1.807, 2.05) is 18.2 Å². The van der Waals surface area contributed by atoms with Crippen LogP contribution in [0, 0.1) is 5.82 Å². The first-order valence-electron chi connectivity index (χ1n) is 6.68. The molecule has 108 valence electrons. The number of benzene rings is 2. The number of nitrogens with one attached hydrogen (secondary N) is 1. The van der Waals surface area contributed by atoms with Crippen LogP contribution in [0.4, 0.5) is 10.1 Å². The third-order valence-corrected chi connectivity index (χ3v) is 4.57. The second-order valence-corrected chi connectivity index (χ2v) is 6.23. The monoisotopic (exact) mass is 320 g/mol. The highest BCUT2D eigenvalue weighted by molar-refractivity contribution is 8.14. The highest BCUT2D eigenvalue weighted by Gasteiger charge is 2.20. The maximum Gasteiger partial charge on any atom is 0.161 e. The summed E-state index contributed by atoms with van der Waals surface area (Å²) >= 11 is 7.60. The Labute approximate surface area is 132 Å². The van der Waals surface area contributed by atoms with Gasteiger partial charge in [-0.1, -0.05) is 59.8 Å². The average molecular weight is 321 g/mol. The van der Waals surface area contributed by atoms with Crippen molar-refractivity contribution >= 4 is 34.2 Å². The number of anilines is 1. The minimum absolute atomic E-state index is 0.213. The van der Waals surface area contributed by atoms with E-state index in [9.17, 15) is 4.39 Å². The summed E-state index contributed by atoms with van der Waals surface area (Å²) in [5, 5.41) is 4.09. The first-order valence-corrected chi connectivity index (χ1v) is 8.04. The largest absolute Gasteiger partial charge is 0.331 e. The van der Waals surface area contributed by atoms with Crippen molar-refractivity contribution in [3.63, 3.8) is 0 Å². The van der Waals surface area contributed by atoms with E-state index in [4.69, 9.17) is 11.6 Å².